The van der Waals surface area contributed by atoms with Crippen molar-refractivity contribution >= 4 is 0 Å². The largest absolute Gasteiger partial charge is 0.415 e. The Kier molecular flexibility index (Phi) is 5.05. The van der Waals surface area contributed by atoms with Gasteiger partial charge in [0.15, 0.2) is 6.10 Å². The van der Waals surface area contributed by atoms with E-state index in [4.69, 9.17) is 10.5 Å². The molecule has 3 atom stereocenters. The van der Waals surface area contributed by atoms with E-state index in [-0.39, 0.29) is 6.10 Å². The molecule has 1 saturated carbocycles. The summed E-state index contributed by atoms with van der Waals surface area (Å²) in [6.07, 6.45) is -1.87. The molecule has 0 aromatic rings. The van der Waals surface area contributed by atoms with Gasteiger partial charge in [0.25, 0.3) is 0 Å². The highest BCUT2D eigenvalue weighted by Crippen LogP contribution is 2.31. The van der Waals surface area contributed by atoms with Gasteiger partial charge in [-0.2, -0.15) is 13.2 Å². The minimum atomic E-state index is -4.34. The van der Waals surface area contributed by atoms with Crippen molar-refractivity contribution in [3.8, 4) is 0 Å². The first kappa shape index (κ1) is 13.8. The van der Waals surface area contributed by atoms with E-state index in [1.165, 1.54) is 0 Å². The van der Waals surface area contributed by atoms with Gasteiger partial charge in [0, 0.05) is 6.54 Å². The standard InChI is InChI=1S/C11H20F3NO/c1-2-8-4-3-5-9(6-8)16-10(7-15)11(12,13)14/h8-10H,2-7,15H2,1H3. The molecule has 0 aromatic carbocycles. The van der Waals surface area contributed by atoms with Crippen LogP contribution in [-0.4, -0.2) is 24.9 Å². The molecule has 2 nitrogen and oxygen atoms in total. The van der Waals surface area contributed by atoms with Gasteiger partial charge in [0.1, 0.15) is 0 Å². The van der Waals surface area contributed by atoms with Crippen LogP contribution in [0.25, 0.3) is 0 Å². The van der Waals surface area contributed by atoms with Gasteiger partial charge >= 0.3 is 6.18 Å². The number of rotatable bonds is 4. The van der Waals surface area contributed by atoms with Gasteiger partial charge in [0.2, 0.25) is 0 Å². The van der Waals surface area contributed by atoms with Crippen LogP contribution in [0, 0.1) is 5.92 Å². The fraction of sp³-hybridized carbons (Fsp3) is 1.00. The SMILES string of the molecule is CCC1CCCC(OC(CN)C(F)(F)F)C1. The van der Waals surface area contributed by atoms with E-state index in [1.807, 2.05) is 0 Å². The van der Waals surface area contributed by atoms with Crippen molar-refractivity contribution in [2.75, 3.05) is 6.54 Å². The highest BCUT2D eigenvalue weighted by Gasteiger charge is 2.41. The topological polar surface area (TPSA) is 35.2 Å². The molecule has 5 heteroatoms. The summed E-state index contributed by atoms with van der Waals surface area (Å²) in [5, 5.41) is 0. The predicted molar refractivity (Wildman–Crippen MR) is 56.0 cm³/mol. The summed E-state index contributed by atoms with van der Waals surface area (Å²) in [5.41, 5.74) is 5.10. The third-order valence-corrected chi connectivity index (χ3v) is 3.25. The smallest absolute Gasteiger partial charge is 0.364 e. The quantitative estimate of drug-likeness (QED) is 0.818. The molecule has 0 saturated heterocycles. The van der Waals surface area contributed by atoms with E-state index in [2.05, 4.69) is 6.92 Å². The molecule has 0 spiro atoms. The molecule has 3 unspecified atom stereocenters. The van der Waals surface area contributed by atoms with Gasteiger partial charge in [-0.3, -0.25) is 0 Å². The second-order valence-electron chi connectivity index (χ2n) is 4.46. The van der Waals surface area contributed by atoms with Crippen molar-refractivity contribution in [2.24, 2.45) is 11.7 Å². The van der Waals surface area contributed by atoms with E-state index < -0.39 is 18.8 Å². The summed E-state index contributed by atoms with van der Waals surface area (Å²) in [5.74, 6) is 0.505. The lowest BCUT2D eigenvalue weighted by Crippen LogP contribution is -2.42. The maximum Gasteiger partial charge on any atom is 0.415 e. The molecule has 96 valence electrons. The monoisotopic (exact) mass is 239 g/mol. The molecule has 0 heterocycles. The predicted octanol–water partition coefficient (Wildman–Crippen LogP) is 2.86. The number of hydrogen-bond acceptors (Lipinski definition) is 2. The van der Waals surface area contributed by atoms with Crippen molar-refractivity contribution in [3.63, 3.8) is 0 Å². The lowest BCUT2D eigenvalue weighted by atomic mass is 9.85. The maximum absolute atomic E-state index is 12.4. The molecule has 0 amide bonds. The molecular formula is C11H20F3NO. The summed E-state index contributed by atoms with van der Waals surface area (Å²) in [6.45, 7) is 1.58. The van der Waals surface area contributed by atoms with Gasteiger partial charge < -0.3 is 10.5 Å². The van der Waals surface area contributed by atoms with E-state index in [0.717, 1.165) is 32.1 Å². The third kappa shape index (κ3) is 3.94. The Balaban J connectivity index is 2.45. The van der Waals surface area contributed by atoms with Crippen molar-refractivity contribution < 1.29 is 17.9 Å². The van der Waals surface area contributed by atoms with Gasteiger partial charge in [-0.05, 0) is 18.8 Å². The van der Waals surface area contributed by atoms with Crippen molar-refractivity contribution in [2.45, 2.75) is 57.4 Å². The number of ether oxygens (including phenoxy) is 1. The zero-order chi connectivity index (χ0) is 12.2. The Morgan fingerprint density at radius 2 is 2.06 bits per heavy atom. The molecule has 16 heavy (non-hydrogen) atoms. The van der Waals surface area contributed by atoms with Crippen LogP contribution in [-0.2, 0) is 4.74 Å². The molecule has 1 aliphatic carbocycles. The number of halogens is 3. The second-order valence-corrected chi connectivity index (χ2v) is 4.46. The molecule has 1 rings (SSSR count). The molecular weight excluding hydrogens is 219 g/mol. The molecule has 0 aromatic heterocycles. The van der Waals surface area contributed by atoms with Gasteiger partial charge in [-0.15, -0.1) is 0 Å². The fourth-order valence-electron chi connectivity index (χ4n) is 2.23. The van der Waals surface area contributed by atoms with Crippen molar-refractivity contribution in [1.29, 1.82) is 0 Å². The van der Waals surface area contributed by atoms with Crippen LogP contribution in [0.5, 0.6) is 0 Å². The molecule has 0 bridgehead atoms. The van der Waals surface area contributed by atoms with Crippen molar-refractivity contribution in [1.82, 2.24) is 0 Å². The van der Waals surface area contributed by atoms with E-state index in [1.54, 1.807) is 0 Å². The van der Waals surface area contributed by atoms with Crippen LogP contribution in [0.15, 0.2) is 0 Å². The Hall–Kier alpha value is -0.290. The number of alkyl halides is 3. The first-order valence-electron chi connectivity index (χ1n) is 5.89. The molecule has 0 radical (unpaired) electrons. The summed E-state index contributed by atoms with van der Waals surface area (Å²) in [6, 6.07) is 0. The number of nitrogens with two attached hydrogens (primary N) is 1. The third-order valence-electron chi connectivity index (χ3n) is 3.25. The van der Waals surface area contributed by atoms with Crippen LogP contribution < -0.4 is 5.73 Å². The fourth-order valence-corrected chi connectivity index (χ4v) is 2.23. The van der Waals surface area contributed by atoms with Crippen molar-refractivity contribution in [3.05, 3.63) is 0 Å². The zero-order valence-electron chi connectivity index (χ0n) is 9.59. The lowest BCUT2D eigenvalue weighted by molar-refractivity contribution is -0.233. The first-order chi connectivity index (χ1) is 7.47. The normalized spacial score (nSPS) is 29.1. The summed E-state index contributed by atoms with van der Waals surface area (Å²) in [4.78, 5) is 0. The van der Waals surface area contributed by atoms with Gasteiger partial charge in [-0.25, -0.2) is 0 Å². The molecule has 0 aliphatic heterocycles. The molecule has 2 N–H and O–H groups in total. The molecule has 1 aliphatic rings. The van der Waals surface area contributed by atoms with Crippen LogP contribution in [0.3, 0.4) is 0 Å². The van der Waals surface area contributed by atoms with Crippen LogP contribution in [0.1, 0.15) is 39.0 Å². The average Bonchev–Trinajstić information content (AvgIpc) is 2.24. The minimum Gasteiger partial charge on any atom is -0.364 e. The molecule has 1 fully saturated rings. The average molecular weight is 239 g/mol. The summed E-state index contributed by atoms with van der Waals surface area (Å²) < 4.78 is 42.4. The van der Waals surface area contributed by atoms with E-state index >= 15 is 0 Å². The Labute approximate surface area is 94.3 Å². The minimum absolute atomic E-state index is 0.270. The maximum atomic E-state index is 12.4. The Bertz CT molecular complexity index is 208. The van der Waals surface area contributed by atoms with E-state index in [9.17, 15) is 13.2 Å². The second kappa shape index (κ2) is 5.87. The summed E-state index contributed by atoms with van der Waals surface area (Å²) >= 11 is 0. The van der Waals surface area contributed by atoms with Gasteiger partial charge in [-0.1, -0.05) is 26.2 Å². The van der Waals surface area contributed by atoms with Gasteiger partial charge in [0.05, 0.1) is 6.10 Å². The Morgan fingerprint density at radius 3 is 2.56 bits per heavy atom. The Morgan fingerprint density at radius 1 is 1.38 bits per heavy atom. The first-order valence-corrected chi connectivity index (χ1v) is 5.89. The zero-order valence-corrected chi connectivity index (χ0v) is 9.59. The highest BCUT2D eigenvalue weighted by molar-refractivity contribution is 4.77. The lowest BCUT2D eigenvalue weighted by Gasteiger charge is -2.32. The van der Waals surface area contributed by atoms with E-state index in [0.29, 0.717) is 5.92 Å². The van der Waals surface area contributed by atoms with Crippen LogP contribution >= 0.6 is 0 Å². The number of hydrogen-bond donors (Lipinski definition) is 1. The summed E-state index contributed by atoms with van der Waals surface area (Å²) in [7, 11) is 0. The van der Waals surface area contributed by atoms with Crippen LogP contribution in [0.4, 0.5) is 13.2 Å². The van der Waals surface area contributed by atoms with Crippen LogP contribution in [0.2, 0.25) is 0 Å². The highest BCUT2D eigenvalue weighted by atomic mass is 19.4.